The first kappa shape index (κ1) is 21.4. The maximum Gasteiger partial charge on any atom is 0.350 e. The van der Waals surface area contributed by atoms with Crippen molar-refractivity contribution in [3.8, 4) is 6.07 Å². The number of amides is 3. The SMILES string of the molecule is CCNC(=O)NC(=O)[C@@H](OC(=O)/C(C#N)=C/c1ccc(C)cc1)c1ccccc1. The molecule has 0 spiro atoms. The highest BCUT2D eigenvalue weighted by Crippen LogP contribution is 2.20. The Hall–Kier alpha value is -3.92. The smallest absolute Gasteiger partial charge is 0.350 e. The third kappa shape index (κ3) is 6.33. The summed E-state index contributed by atoms with van der Waals surface area (Å²) in [5, 5.41) is 13.9. The fraction of sp³-hybridized carbons (Fsp3) is 0.182. The van der Waals surface area contributed by atoms with Crippen LogP contribution < -0.4 is 10.6 Å². The highest BCUT2D eigenvalue weighted by molar-refractivity contribution is 6.01. The number of aryl methyl sites for hydroxylation is 1. The van der Waals surface area contributed by atoms with E-state index >= 15 is 0 Å². The predicted molar refractivity (Wildman–Crippen MR) is 107 cm³/mol. The topological polar surface area (TPSA) is 108 Å². The van der Waals surface area contributed by atoms with Crippen LogP contribution in [0.3, 0.4) is 0 Å². The van der Waals surface area contributed by atoms with Gasteiger partial charge in [0.25, 0.3) is 5.91 Å². The molecule has 0 bridgehead atoms. The monoisotopic (exact) mass is 391 g/mol. The summed E-state index contributed by atoms with van der Waals surface area (Å²) in [6, 6.07) is 16.6. The summed E-state index contributed by atoms with van der Waals surface area (Å²) in [5.41, 5.74) is 1.79. The summed E-state index contributed by atoms with van der Waals surface area (Å²) in [5.74, 6) is -1.78. The summed E-state index contributed by atoms with van der Waals surface area (Å²) in [4.78, 5) is 36.8. The number of urea groups is 1. The Labute approximate surface area is 169 Å². The lowest BCUT2D eigenvalue weighted by molar-refractivity contribution is -0.152. The molecule has 0 aliphatic carbocycles. The van der Waals surface area contributed by atoms with E-state index in [0.29, 0.717) is 17.7 Å². The van der Waals surface area contributed by atoms with Gasteiger partial charge in [0.2, 0.25) is 6.10 Å². The summed E-state index contributed by atoms with van der Waals surface area (Å²) in [6.45, 7) is 3.95. The minimum absolute atomic E-state index is 0.263. The van der Waals surface area contributed by atoms with E-state index in [4.69, 9.17) is 4.74 Å². The molecule has 2 N–H and O–H groups in total. The molecule has 1 atom stereocenters. The van der Waals surface area contributed by atoms with Gasteiger partial charge in [0.1, 0.15) is 11.6 Å². The van der Waals surface area contributed by atoms with Gasteiger partial charge in [-0.2, -0.15) is 5.26 Å². The zero-order valence-corrected chi connectivity index (χ0v) is 16.1. The van der Waals surface area contributed by atoms with Gasteiger partial charge in [-0.05, 0) is 25.5 Å². The molecule has 2 aromatic carbocycles. The molecule has 0 radical (unpaired) electrons. The number of rotatable bonds is 6. The average molecular weight is 391 g/mol. The second-order valence-corrected chi connectivity index (χ2v) is 6.13. The Kier molecular flexibility index (Phi) is 7.68. The lowest BCUT2D eigenvalue weighted by Crippen LogP contribution is -2.42. The lowest BCUT2D eigenvalue weighted by atomic mass is 10.1. The van der Waals surface area contributed by atoms with E-state index in [1.54, 1.807) is 55.5 Å². The van der Waals surface area contributed by atoms with E-state index in [1.165, 1.54) is 6.08 Å². The Balaban J connectivity index is 2.25. The quantitative estimate of drug-likeness (QED) is 0.447. The molecular weight excluding hydrogens is 370 g/mol. The Bertz CT molecular complexity index is 944. The molecule has 0 saturated carbocycles. The Morgan fingerprint density at radius 1 is 1.10 bits per heavy atom. The standard InChI is InChI=1S/C22H21N3O4/c1-3-24-22(28)25-20(26)19(17-7-5-4-6-8-17)29-21(27)18(14-23)13-16-11-9-15(2)10-12-16/h4-13,19H,3H2,1-2H3,(H2,24,25,26,28)/b18-13+/t19-/m0/s1. The second-order valence-electron chi connectivity index (χ2n) is 6.13. The number of imide groups is 1. The first-order valence-electron chi connectivity index (χ1n) is 8.97. The van der Waals surface area contributed by atoms with Crippen molar-refractivity contribution in [2.24, 2.45) is 0 Å². The highest BCUT2D eigenvalue weighted by Gasteiger charge is 2.27. The van der Waals surface area contributed by atoms with Crippen LogP contribution >= 0.6 is 0 Å². The number of nitrogens with one attached hydrogen (secondary N) is 2. The molecule has 0 heterocycles. The van der Waals surface area contributed by atoms with Crippen molar-refractivity contribution in [2.45, 2.75) is 20.0 Å². The van der Waals surface area contributed by atoms with E-state index in [1.807, 2.05) is 19.1 Å². The van der Waals surface area contributed by atoms with Crippen LogP contribution in [0.1, 0.15) is 29.7 Å². The summed E-state index contributed by atoms with van der Waals surface area (Å²) in [6.07, 6.45) is -0.00742. The van der Waals surface area contributed by atoms with Crippen LogP contribution in [0.5, 0.6) is 0 Å². The van der Waals surface area contributed by atoms with Crippen LogP contribution in [0.4, 0.5) is 4.79 Å². The summed E-state index contributed by atoms with van der Waals surface area (Å²) >= 11 is 0. The fourth-order valence-corrected chi connectivity index (χ4v) is 2.42. The van der Waals surface area contributed by atoms with Crippen molar-refractivity contribution >= 4 is 24.0 Å². The average Bonchev–Trinajstić information content (AvgIpc) is 2.72. The van der Waals surface area contributed by atoms with Gasteiger partial charge in [-0.1, -0.05) is 60.2 Å². The van der Waals surface area contributed by atoms with Crippen molar-refractivity contribution in [1.29, 1.82) is 5.26 Å². The first-order valence-corrected chi connectivity index (χ1v) is 8.97. The lowest BCUT2D eigenvalue weighted by Gasteiger charge is -2.17. The minimum Gasteiger partial charge on any atom is -0.443 e. The van der Waals surface area contributed by atoms with Gasteiger partial charge in [-0.15, -0.1) is 0 Å². The van der Waals surface area contributed by atoms with E-state index in [9.17, 15) is 19.6 Å². The van der Waals surface area contributed by atoms with Crippen molar-refractivity contribution < 1.29 is 19.1 Å². The van der Waals surface area contributed by atoms with Crippen LogP contribution in [-0.2, 0) is 14.3 Å². The van der Waals surface area contributed by atoms with Gasteiger partial charge in [-0.3, -0.25) is 10.1 Å². The molecule has 148 valence electrons. The maximum atomic E-state index is 12.6. The van der Waals surface area contributed by atoms with Gasteiger partial charge in [0.05, 0.1) is 0 Å². The van der Waals surface area contributed by atoms with Crippen LogP contribution in [0.15, 0.2) is 60.2 Å². The minimum atomic E-state index is -1.39. The number of hydrogen-bond donors (Lipinski definition) is 2. The molecule has 0 unspecified atom stereocenters. The molecule has 7 nitrogen and oxygen atoms in total. The summed E-state index contributed by atoms with van der Waals surface area (Å²) in [7, 11) is 0. The number of nitrogens with zero attached hydrogens (tertiary/aromatic N) is 1. The number of ether oxygens (including phenoxy) is 1. The molecule has 0 fully saturated rings. The third-order valence-electron chi connectivity index (χ3n) is 3.87. The summed E-state index contributed by atoms with van der Waals surface area (Å²) < 4.78 is 5.30. The van der Waals surface area contributed by atoms with E-state index in [2.05, 4.69) is 10.6 Å². The van der Waals surface area contributed by atoms with E-state index in [-0.39, 0.29) is 5.57 Å². The van der Waals surface area contributed by atoms with Gasteiger partial charge in [0.15, 0.2) is 0 Å². The molecule has 7 heteroatoms. The van der Waals surface area contributed by atoms with Gasteiger partial charge in [-0.25, -0.2) is 9.59 Å². The van der Waals surface area contributed by atoms with E-state index in [0.717, 1.165) is 5.56 Å². The fourth-order valence-electron chi connectivity index (χ4n) is 2.42. The zero-order valence-electron chi connectivity index (χ0n) is 16.1. The van der Waals surface area contributed by atoms with Gasteiger partial charge in [0, 0.05) is 12.1 Å². The largest absolute Gasteiger partial charge is 0.443 e. The Morgan fingerprint density at radius 2 is 1.76 bits per heavy atom. The second kappa shape index (κ2) is 10.4. The Morgan fingerprint density at radius 3 is 2.34 bits per heavy atom. The van der Waals surface area contributed by atoms with Crippen LogP contribution in [0, 0.1) is 18.3 Å². The molecule has 3 amide bonds. The highest BCUT2D eigenvalue weighted by atomic mass is 16.5. The number of nitriles is 1. The van der Waals surface area contributed by atoms with E-state index < -0.39 is 24.0 Å². The van der Waals surface area contributed by atoms with Crippen molar-refractivity contribution in [3.05, 3.63) is 76.9 Å². The van der Waals surface area contributed by atoms with Crippen molar-refractivity contribution in [2.75, 3.05) is 6.54 Å². The van der Waals surface area contributed by atoms with Crippen LogP contribution in [0.25, 0.3) is 6.08 Å². The van der Waals surface area contributed by atoms with Crippen molar-refractivity contribution in [1.82, 2.24) is 10.6 Å². The number of carbonyl (C=O) groups excluding carboxylic acids is 3. The molecule has 29 heavy (non-hydrogen) atoms. The molecule has 2 aromatic rings. The van der Waals surface area contributed by atoms with Gasteiger partial charge < -0.3 is 10.1 Å². The molecule has 0 aliphatic heterocycles. The molecule has 2 rings (SSSR count). The molecular formula is C22H21N3O4. The molecule has 0 aliphatic rings. The molecule has 0 saturated heterocycles. The number of carbonyl (C=O) groups is 3. The van der Waals surface area contributed by atoms with Crippen molar-refractivity contribution in [3.63, 3.8) is 0 Å². The van der Waals surface area contributed by atoms with Crippen LogP contribution in [0.2, 0.25) is 0 Å². The predicted octanol–water partition coefficient (Wildman–Crippen LogP) is 3.03. The number of benzene rings is 2. The molecule has 0 aromatic heterocycles. The first-order chi connectivity index (χ1) is 13.9. The normalized spacial score (nSPS) is 11.7. The number of esters is 1. The van der Waals surface area contributed by atoms with Crippen LogP contribution in [-0.4, -0.2) is 24.5 Å². The third-order valence-corrected chi connectivity index (χ3v) is 3.87. The zero-order chi connectivity index (χ0) is 21.2. The number of hydrogen-bond acceptors (Lipinski definition) is 5. The van der Waals surface area contributed by atoms with Gasteiger partial charge >= 0.3 is 12.0 Å². The maximum absolute atomic E-state index is 12.6.